The van der Waals surface area contributed by atoms with E-state index in [0.717, 1.165) is 5.56 Å². The third-order valence-electron chi connectivity index (χ3n) is 2.49. The zero-order valence-electron chi connectivity index (χ0n) is 10.4. The maximum absolute atomic E-state index is 10.9. The summed E-state index contributed by atoms with van der Waals surface area (Å²) in [4.78, 5) is 21.6. The second kappa shape index (κ2) is 6.76. The molecule has 2 atom stereocenters. The van der Waals surface area contributed by atoms with Gasteiger partial charge in [0.1, 0.15) is 0 Å². The number of carboxylic acids is 1. The Balaban J connectivity index is 2.52. The standard InChI is InChI=1S/C13H17NO4/c1-9(11-6-4-3-5-7-11)14-8-12(13(16)17)18-10(2)15/h3-7,9,12,14H,8H2,1-2H3,(H,16,17)/t9-,12+/m1/s1. The normalized spacial score (nSPS) is 13.7. The fourth-order valence-corrected chi connectivity index (χ4v) is 1.52. The van der Waals surface area contributed by atoms with Crippen LogP contribution in [0.5, 0.6) is 0 Å². The predicted molar refractivity (Wildman–Crippen MR) is 66.0 cm³/mol. The van der Waals surface area contributed by atoms with Crippen LogP contribution in [0.2, 0.25) is 0 Å². The molecule has 1 rings (SSSR count). The van der Waals surface area contributed by atoms with Crippen LogP contribution in [0.1, 0.15) is 25.5 Å². The van der Waals surface area contributed by atoms with Gasteiger partial charge in [0, 0.05) is 19.5 Å². The number of carbonyl (C=O) groups is 2. The average molecular weight is 251 g/mol. The van der Waals surface area contributed by atoms with Crippen LogP contribution in [-0.2, 0) is 14.3 Å². The van der Waals surface area contributed by atoms with Gasteiger partial charge in [-0.05, 0) is 12.5 Å². The number of hydrogen-bond donors (Lipinski definition) is 2. The molecule has 0 amide bonds. The summed E-state index contributed by atoms with van der Waals surface area (Å²) in [5.74, 6) is -1.76. The third-order valence-corrected chi connectivity index (χ3v) is 2.49. The summed E-state index contributed by atoms with van der Waals surface area (Å²) in [6.45, 7) is 3.18. The highest BCUT2D eigenvalue weighted by Crippen LogP contribution is 2.11. The lowest BCUT2D eigenvalue weighted by molar-refractivity contribution is -0.162. The zero-order valence-corrected chi connectivity index (χ0v) is 10.4. The fraction of sp³-hybridized carbons (Fsp3) is 0.385. The van der Waals surface area contributed by atoms with Crippen molar-refractivity contribution in [1.29, 1.82) is 0 Å². The molecule has 0 fully saturated rings. The first-order chi connectivity index (χ1) is 8.50. The Morgan fingerprint density at radius 1 is 1.33 bits per heavy atom. The highest BCUT2D eigenvalue weighted by Gasteiger charge is 2.21. The Morgan fingerprint density at radius 3 is 2.44 bits per heavy atom. The second-order valence-electron chi connectivity index (χ2n) is 3.98. The SMILES string of the molecule is CC(=O)O[C@@H](CN[C@H](C)c1ccccc1)C(=O)O. The summed E-state index contributed by atoms with van der Waals surface area (Å²) in [5, 5.41) is 11.9. The van der Waals surface area contributed by atoms with Crippen molar-refractivity contribution in [3.8, 4) is 0 Å². The predicted octanol–water partition coefficient (Wildman–Crippen LogP) is 1.35. The molecule has 0 aliphatic carbocycles. The van der Waals surface area contributed by atoms with Gasteiger partial charge < -0.3 is 15.2 Å². The summed E-state index contributed by atoms with van der Waals surface area (Å²) in [6, 6.07) is 9.61. The maximum Gasteiger partial charge on any atom is 0.346 e. The zero-order chi connectivity index (χ0) is 13.5. The molecule has 98 valence electrons. The van der Waals surface area contributed by atoms with Crippen molar-refractivity contribution >= 4 is 11.9 Å². The van der Waals surface area contributed by atoms with Gasteiger partial charge in [-0.15, -0.1) is 0 Å². The molecule has 0 heterocycles. The molecule has 0 unspecified atom stereocenters. The molecule has 0 radical (unpaired) electrons. The molecule has 2 N–H and O–H groups in total. The minimum Gasteiger partial charge on any atom is -0.478 e. The fourth-order valence-electron chi connectivity index (χ4n) is 1.52. The molecule has 1 aromatic rings. The van der Waals surface area contributed by atoms with Crippen LogP contribution in [0.15, 0.2) is 30.3 Å². The first kappa shape index (κ1) is 14.2. The Morgan fingerprint density at radius 2 is 1.94 bits per heavy atom. The summed E-state index contributed by atoms with van der Waals surface area (Å²) in [7, 11) is 0. The van der Waals surface area contributed by atoms with Crippen LogP contribution in [0.4, 0.5) is 0 Å². The van der Waals surface area contributed by atoms with Crippen molar-refractivity contribution in [2.75, 3.05) is 6.54 Å². The Kier molecular flexibility index (Phi) is 5.32. The van der Waals surface area contributed by atoms with Gasteiger partial charge >= 0.3 is 11.9 Å². The molecule has 0 bridgehead atoms. The molecule has 5 nitrogen and oxygen atoms in total. The molecule has 0 aromatic heterocycles. The topological polar surface area (TPSA) is 75.6 Å². The number of ether oxygens (including phenoxy) is 1. The number of rotatable bonds is 6. The van der Waals surface area contributed by atoms with E-state index in [4.69, 9.17) is 9.84 Å². The van der Waals surface area contributed by atoms with Crippen molar-refractivity contribution in [2.45, 2.75) is 26.0 Å². The Bertz CT molecular complexity index is 405. The molecule has 1 aromatic carbocycles. The van der Waals surface area contributed by atoms with Gasteiger partial charge in [-0.3, -0.25) is 4.79 Å². The molecule has 5 heteroatoms. The highest BCUT2D eigenvalue weighted by molar-refractivity contribution is 5.77. The number of nitrogens with one attached hydrogen (secondary N) is 1. The van der Waals surface area contributed by atoms with Crippen molar-refractivity contribution in [3.05, 3.63) is 35.9 Å². The summed E-state index contributed by atoms with van der Waals surface area (Å²) in [5.41, 5.74) is 1.05. The Labute approximate surface area is 106 Å². The lowest BCUT2D eigenvalue weighted by Crippen LogP contribution is -2.37. The van der Waals surface area contributed by atoms with Crippen molar-refractivity contribution in [1.82, 2.24) is 5.32 Å². The molecule has 0 aliphatic rings. The van der Waals surface area contributed by atoms with Crippen molar-refractivity contribution in [3.63, 3.8) is 0 Å². The highest BCUT2D eigenvalue weighted by atomic mass is 16.6. The molecule has 18 heavy (non-hydrogen) atoms. The van der Waals surface area contributed by atoms with E-state index in [1.165, 1.54) is 6.92 Å². The molecular weight excluding hydrogens is 234 g/mol. The number of hydrogen-bond acceptors (Lipinski definition) is 4. The van der Waals surface area contributed by atoms with E-state index in [1.54, 1.807) is 0 Å². The smallest absolute Gasteiger partial charge is 0.346 e. The minimum atomic E-state index is -1.16. The van der Waals surface area contributed by atoms with Gasteiger partial charge in [0.2, 0.25) is 6.10 Å². The minimum absolute atomic E-state index is 0.0105. The van der Waals surface area contributed by atoms with Gasteiger partial charge in [-0.25, -0.2) is 4.79 Å². The van der Waals surface area contributed by atoms with Crippen LogP contribution >= 0.6 is 0 Å². The lowest BCUT2D eigenvalue weighted by atomic mass is 10.1. The number of esters is 1. The Hall–Kier alpha value is -1.88. The van der Waals surface area contributed by atoms with Crippen molar-refractivity contribution in [2.24, 2.45) is 0 Å². The van der Waals surface area contributed by atoms with Crippen LogP contribution in [0.25, 0.3) is 0 Å². The molecule has 0 spiro atoms. The van der Waals surface area contributed by atoms with E-state index < -0.39 is 18.0 Å². The summed E-state index contributed by atoms with van der Waals surface area (Å²) >= 11 is 0. The van der Waals surface area contributed by atoms with E-state index in [2.05, 4.69) is 5.32 Å². The number of benzene rings is 1. The van der Waals surface area contributed by atoms with Gasteiger partial charge in [0.25, 0.3) is 0 Å². The van der Waals surface area contributed by atoms with Crippen LogP contribution in [0.3, 0.4) is 0 Å². The molecule has 0 aliphatic heterocycles. The second-order valence-corrected chi connectivity index (χ2v) is 3.98. The van der Waals surface area contributed by atoms with E-state index in [9.17, 15) is 9.59 Å². The maximum atomic E-state index is 10.9. The van der Waals surface area contributed by atoms with Crippen molar-refractivity contribution < 1.29 is 19.4 Å². The van der Waals surface area contributed by atoms with Crippen LogP contribution < -0.4 is 5.32 Å². The summed E-state index contributed by atoms with van der Waals surface area (Å²) in [6.07, 6.45) is -1.16. The third kappa shape index (κ3) is 4.55. The number of carbonyl (C=O) groups excluding carboxylic acids is 1. The van der Waals surface area contributed by atoms with E-state index in [1.807, 2.05) is 37.3 Å². The molecular formula is C13H17NO4. The van der Waals surface area contributed by atoms with Gasteiger partial charge in [0.15, 0.2) is 0 Å². The van der Waals surface area contributed by atoms with E-state index >= 15 is 0 Å². The lowest BCUT2D eigenvalue weighted by Gasteiger charge is -2.18. The molecule has 0 saturated carbocycles. The quantitative estimate of drug-likeness (QED) is 0.746. The first-order valence-corrected chi connectivity index (χ1v) is 5.69. The number of carboxylic acid groups (broad SMARTS) is 1. The first-order valence-electron chi connectivity index (χ1n) is 5.69. The van der Waals surface area contributed by atoms with Crippen LogP contribution in [0, 0.1) is 0 Å². The number of aliphatic carboxylic acids is 1. The van der Waals surface area contributed by atoms with Gasteiger partial charge in [-0.1, -0.05) is 30.3 Å². The van der Waals surface area contributed by atoms with Gasteiger partial charge in [-0.2, -0.15) is 0 Å². The summed E-state index contributed by atoms with van der Waals surface area (Å²) < 4.78 is 4.70. The largest absolute Gasteiger partial charge is 0.478 e. The van der Waals surface area contributed by atoms with Crippen LogP contribution in [-0.4, -0.2) is 29.7 Å². The van der Waals surface area contributed by atoms with E-state index in [-0.39, 0.29) is 12.6 Å². The molecule has 0 saturated heterocycles. The monoisotopic (exact) mass is 251 g/mol. The van der Waals surface area contributed by atoms with E-state index in [0.29, 0.717) is 0 Å². The average Bonchev–Trinajstić information content (AvgIpc) is 2.34. The van der Waals surface area contributed by atoms with Gasteiger partial charge in [0.05, 0.1) is 0 Å².